The normalized spacial score (nSPS) is 20.3. The van der Waals surface area contributed by atoms with E-state index in [1.165, 1.54) is 0 Å². The number of hydrogen-bond acceptors (Lipinski definition) is 4. The summed E-state index contributed by atoms with van der Waals surface area (Å²) in [5.41, 5.74) is 1.62. The number of hydrogen-bond donors (Lipinski definition) is 0. The second kappa shape index (κ2) is 7.05. The molecule has 5 heteroatoms. The van der Waals surface area contributed by atoms with E-state index < -0.39 is 0 Å². The number of ether oxygens (including phenoxy) is 1. The zero-order valence-electron chi connectivity index (χ0n) is 12.1. The van der Waals surface area contributed by atoms with Crippen LogP contribution in [-0.4, -0.2) is 24.4 Å². The molecule has 1 atom stereocenters. The van der Waals surface area contributed by atoms with Crippen molar-refractivity contribution in [3.8, 4) is 0 Å². The van der Waals surface area contributed by atoms with Crippen molar-refractivity contribution in [1.82, 2.24) is 0 Å². The lowest BCUT2D eigenvalue weighted by molar-refractivity contribution is -0.138. The summed E-state index contributed by atoms with van der Waals surface area (Å²) in [4.78, 5) is 14.1. The van der Waals surface area contributed by atoms with Gasteiger partial charge in [0.15, 0.2) is 0 Å². The molecule has 21 heavy (non-hydrogen) atoms. The lowest BCUT2D eigenvalue weighted by atomic mass is 10.2. The molecule has 0 radical (unpaired) electrons. The average Bonchev–Trinajstić information content (AvgIpc) is 2.91. The molecule has 1 saturated heterocycles. The quantitative estimate of drug-likeness (QED) is 0.471. The van der Waals surface area contributed by atoms with Crippen LogP contribution in [0.4, 0.5) is 5.69 Å². The SMILES string of the molecule is C=CC1CS/C(=C(/C)C(=O)OCC)N1c1ccc(Cl)cc1. The maximum absolute atomic E-state index is 12.0. The van der Waals surface area contributed by atoms with Crippen LogP contribution < -0.4 is 4.90 Å². The smallest absolute Gasteiger partial charge is 0.336 e. The first-order valence-corrected chi connectivity index (χ1v) is 8.13. The van der Waals surface area contributed by atoms with Gasteiger partial charge in [-0.1, -0.05) is 17.7 Å². The zero-order chi connectivity index (χ0) is 15.4. The molecule has 0 bridgehead atoms. The van der Waals surface area contributed by atoms with Crippen LogP contribution in [0.15, 0.2) is 47.5 Å². The van der Waals surface area contributed by atoms with E-state index >= 15 is 0 Å². The Labute approximate surface area is 134 Å². The average molecular weight is 324 g/mol. The highest BCUT2D eigenvalue weighted by atomic mass is 35.5. The Balaban J connectivity index is 2.41. The van der Waals surface area contributed by atoms with Gasteiger partial charge in [-0.2, -0.15) is 0 Å². The highest BCUT2D eigenvalue weighted by Crippen LogP contribution is 2.39. The van der Waals surface area contributed by atoms with Gasteiger partial charge in [0.2, 0.25) is 0 Å². The summed E-state index contributed by atoms with van der Waals surface area (Å²) < 4.78 is 5.10. The molecule has 1 heterocycles. The minimum absolute atomic E-state index is 0.149. The highest BCUT2D eigenvalue weighted by molar-refractivity contribution is 8.03. The number of carbonyl (C=O) groups excluding carboxylic acids is 1. The Bertz CT molecular complexity index is 568. The fourth-order valence-electron chi connectivity index (χ4n) is 2.16. The first-order valence-electron chi connectivity index (χ1n) is 6.76. The molecule has 0 amide bonds. The lowest BCUT2D eigenvalue weighted by Crippen LogP contribution is -2.29. The molecule has 1 aliphatic rings. The first-order chi connectivity index (χ1) is 10.1. The van der Waals surface area contributed by atoms with Crippen molar-refractivity contribution in [2.45, 2.75) is 19.9 Å². The molecular formula is C16H18ClNO2S. The van der Waals surface area contributed by atoms with Gasteiger partial charge in [-0.15, -0.1) is 18.3 Å². The molecule has 0 spiro atoms. The van der Waals surface area contributed by atoms with Gasteiger partial charge in [0.05, 0.1) is 23.3 Å². The van der Waals surface area contributed by atoms with Crippen LogP contribution in [0.3, 0.4) is 0 Å². The van der Waals surface area contributed by atoms with Gasteiger partial charge in [0.1, 0.15) is 0 Å². The second-order valence-corrected chi connectivity index (χ2v) is 6.06. The van der Waals surface area contributed by atoms with Crippen LogP contribution in [0, 0.1) is 0 Å². The molecule has 1 aromatic rings. The Kier molecular flexibility index (Phi) is 5.37. The van der Waals surface area contributed by atoms with Gasteiger partial charge in [-0.25, -0.2) is 4.79 Å². The number of anilines is 1. The topological polar surface area (TPSA) is 29.5 Å². The first kappa shape index (κ1) is 16.0. The molecule has 1 aromatic carbocycles. The molecule has 0 aliphatic carbocycles. The van der Waals surface area contributed by atoms with Crippen LogP contribution in [-0.2, 0) is 9.53 Å². The number of esters is 1. The molecular weight excluding hydrogens is 306 g/mol. The van der Waals surface area contributed by atoms with Gasteiger partial charge in [-0.05, 0) is 38.1 Å². The Morgan fingerprint density at radius 3 is 2.76 bits per heavy atom. The van der Waals surface area contributed by atoms with Crippen molar-refractivity contribution in [2.24, 2.45) is 0 Å². The number of thioether (sulfide) groups is 1. The second-order valence-electron chi connectivity index (χ2n) is 4.61. The van der Waals surface area contributed by atoms with Crippen LogP contribution in [0.1, 0.15) is 13.8 Å². The molecule has 0 aromatic heterocycles. The van der Waals surface area contributed by atoms with Crippen molar-refractivity contribution in [1.29, 1.82) is 0 Å². The van der Waals surface area contributed by atoms with Gasteiger partial charge in [0.25, 0.3) is 0 Å². The summed E-state index contributed by atoms with van der Waals surface area (Å²) in [6, 6.07) is 7.73. The van der Waals surface area contributed by atoms with Crippen molar-refractivity contribution in [2.75, 3.05) is 17.3 Å². The van der Waals surface area contributed by atoms with Crippen LogP contribution in [0.2, 0.25) is 5.02 Å². The maximum atomic E-state index is 12.0. The van der Waals surface area contributed by atoms with Gasteiger partial charge >= 0.3 is 5.97 Å². The van der Waals surface area contributed by atoms with Gasteiger partial charge < -0.3 is 9.64 Å². The van der Waals surface area contributed by atoms with E-state index in [0.717, 1.165) is 16.5 Å². The summed E-state index contributed by atoms with van der Waals surface area (Å²) in [7, 11) is 0. The molecule has 1 fully saturated rings. The van der Waals surface area contributed by atoms with E-state index in [4.69, 9.17) is 16.3 Å². The largest absolute Gasteiger partial charge is 0.463 e. The lowest BCUT2D eigenvalue weighted by Gasteiger charge is -2.26. The minimum atomic E-state index is -0.274. The molecule has 112 valence electrons. The standard InChI is InChI=1S/C16H18ClNO2S/c1-4-13-10-21-15(11(3)16(19)20-5-2)18(13)14-8-6-12(17)7-9-14/h4,6-9,13H,1,5,10H2,2-3H3/b15-11-. The highest BCUT2D eigenvalue weighted by Gasteiger charge is 2.31. The van der Waals surface area contributed by atoms with Crippen molar-refractivity contribution in [3.05, 3.63) is 52.5 Å². The summed E-state index contributed by atoms with van der Waals surface area (Å²) in [5.74, 6) is 0.585. The number of rotatable bonds is 4. The van der Waals surface area contributed by atoms with E-state index in [2.05, 4.69) is 11.5 Å². The third-order valence-corrected chi connectivity index (χ3v) is 4.76. The summed E-state index contributed by atoms with van der Waals surface area (Å²) in [6.07, 6.45) is 1.90. The van der Waals surface area contributed by atoms with Crippen LogP contribution in [0.25, 0.3) is 0 Å². The van der Waals surface area contributed by atoms with E-state index in [1.807, 2.05) is 30.3 Å². The predicted molar refractivity (Wildman–Crippen MR) is 89.7 cm³/mol. The maximum Gasteiger partial charge on any atom is 0.336 e. The minimum Gasteiger partial charge on any atom is -0.463 e. The van der Waals surface area contributed by atoms with Crippen molar-refractivity contribution in [3.63, 3.8) is 0 Å². The zero-order valence-corrected chi connectivity index (χ0v) is 13.7. The Morgan fingerprint density at radius 2 is 2.19 bits per heavy atom. The number of carbonyl (C=O) groups is 1. The van der Waals surface area contributed by atoms with E-state index in [-0.39, 0.29) is 12.0 Å². The number of nitrogens with zero attached hydrogens (tertiary/aromatic N) is 1. The predicted octanol–water partition coefficient (Wildman–Crippen LogP) is 4.24. The van der Waals surface area contributed by atoms with Crippen LogP contribution >= 0.6 is 23.4 Å². The monoisotopic (exact) mass is 323 g/mol. The summed E-state index contributed by atoms with van der Waals surface area (Å²) in [5, 5.41) is 1.61. The van der Waals surface area contributed by atoms with E-state index in [1.54, 1.807) is 25.6 Å². The molecule has 2 rings (SSSR count). The number of benzene rings is 1. The van der Waals surface area contributed by atoms with Crippen molar-refractivity contribution < 1.29 is 9.53 Å². The molecule has 0 N–H and O–H groups in total. The molecule has 1 aliphatic heterocycles. The van der Waals surface area contributed by atoms with Gasteiger partial charge in [-0.3, -0.25) is 0 Å². The summed E-state index contributed by atoms with van der Waals surface area (Å²) >= 11 is 7.59. The van der Waals surface area contributed by atoms with Gasteiger partial charge in [0, 0.05) is 16.5 Å². The van der Waals surface area contributed by atoms with Crippen LogP contribution in [0.5, 0.6) is 0 Å². The fourth-order valence-corrected chi connectivity index (χ4v) is 3.58. The summed E-state index contributed by atoms with van der Waals surface area (Å²) in [6.45, 7) is 7.87. The number of halogens is 1. The van der Waals surface area contributed by atoms with E-state index in [0.29, 0.717) is 17.2 Å². The Morgan fingerprint density at radius 1 is 1.52 bits per heavy atom. The Hall–Kier alpha value is -1.39. The fraction of sp³-hybridized carbons (Fsp3) is 0.312. The molecule has 0 saturated carbocycles. The molecule has 3 nitrogen and oxygen atoms in total. The van der Waals surface area contributed by atoms with Crippen molar-refractivity contribution >= 4 is 35.0 Å². The third-order valence-electron chi connectivity index (χ3n) is 3.22. The third kappa shape index (κ3) is 3.44. The molecule has 1 unspecified atom stereocenters. The van der Waals surface area contributed by atoms with E-state index in [9.17, 15) is 4.79 Å².